The highest BCUT2D eigenvalue weighted by atomic mass is 32.3. The van der Waals surface area contributed by atoms with E-state index in [2.05, 4.69) is 0 Å². The molecule has 0 aromatic rings. The van der Waals surface area contributed by atoms with Crippen molar-refractivity contribution in [2.24, 2.45) is 0 Å². The van der Waals surface area contributed by atoms with Gasteiger partial charge >= 0.3 is 7.71 Å². The van der Waals surface area contributed by atoms with Crippen molar-refractivity contribution < 1.29 is 8.85 Å². The molecule has 0 aliphatic heterocycles. The second kappa shape index (κ2) is 6.15. The molecular weight excluding hydrogens is 212 g/mol. The van der Waals surface area contributed by atoms with Crippen LogP contribution in [0.2, 0.25) is 5.54 Å². The second-order valence-corrected chi connectivity index (χ2v) is 8.36. The summed E-state index contributed by atoms with van der Waals surface area (Å²) in [6, 6.07) is 0. The zero-order valence-electron chi connectivity index (χ0n) is 9.29. The molecule has 84 valence electrons. The first-order valence-electron chi connectivity index (χ1n) is 5.73. The molecule has 0 aromatic heterocycles. The maximum Gasteiger partial charge on any atom is 0.406 e. The van der Waals surface area contributed by atoms with Crippen molar-refractivity contribution in [1.82, 2.24) is 0 Å². The largest absolute Gasteiger partial charge is 0.406 e. The highest BCUT2D eigenvalue weighted by Gasteiger charge is 2.42. The molecule has 0 N–H and O–H groups in total. The average molecular weight is 234 g/mol. The third-order valence-corrected chi connectivity index (χ3v) is 7.71. The van der Waals surface area contributed by atoms with Crippen molar-refractivity contribution in [2.75, 3.05) is 13.2 Å². The summed E-state index contributed by atoms with van der Waals surface area (Å²) < 4.78 is 11.6. The first-order chi connectivity index (χ1) is 6.73. The fraction of sp³-hybridized carbons (Fsp3) is 1.00. The van der Waals surface area contributed by atoms with Gasteiger partial charge in [-0.1, -0.05) is 19.3 Å². The summed E-state index contributed by atoms with van der Waals surface area (Å²) >= 11 is 4.72. The smallest absolute Gasteiger partial charge is 0.387 e. The fourth-order valence-electron chi connectivity index (χ4n) is 2.16. The first-order valence-corrected chi connectivity index (χ1v) is 8.91. The van der Waals surface area contributed by atoms with Gasteiger partial charge < -0.3 is 8.85 Å². The van der Waals surface area contributed by atoms with Gasteiger partial charge in [0.1, 0.15) is 0 Å². The zero-order chi connectivity index (χ0) is 10.4. The van der Waals surface area contributed by atoms with Crippen LogP contribution in [0.15, 0.2) is 0 Å². The van der Waals surface area contributed by atoms with Crippen LogP contribution in [0.4, 0.5) is 0 Å². The molecule has 0 radical (unpaired) electrons. The van der Waals surface area contributed by atoms with E-state index in [-0.39, 0.29) is 0 Å². The number of hydrogen-bond acceptors (Lipinski definition) is 3. The summed E-state index contributed by atoms with van der Waals surface area (Å²) in [7, 11) is -2.15. The van der Waals surface area contributed by atoms with Crippen LogP contribution in [0, 0.1) is 0 Å². The van der Waals surface area contributed by atoms with Crippen LogP contribution in [-0.2, 0) is 8.85 Å². The standard InChI is InChI=1S/C10H22O2SSi/c1-3-11-14(13,12-4-2)10-8-6-5-7-9-10/h10,13H,3-9H2,1-2H3. The minimum atomic E-state index is -2.15. The monoisotopic (exact) mass is 234 g/mol. The Morgan fingerprint density at radius 1 is 1.07 bits per heavy atom. The molecule has 1 aliphatic rings. The van der Waals surface area contributed by atoms with Crippen molar-refractivity contribution in [3.8, 4) is 0 Å². The molecule has 1 rings (SSSR count). The predicted molar refractivity (Wildman–Crippen MR) is 64.8 cm³/mol. The van der Waals surface area contributed by atoms with Crippen LogP contribution in [0.25, 0.3) is 0 Å². The summed E-state index contributed by atoms with van der Waals surface area (Å²) in [6.07, 6.45) is 6.50. The van der Waals surface area contributed by atoms with Gasteiger partial charge in [0.05, 0.1) is 0 Å². The maximum absolute atomic E-state index is 5.79. The molecule has 14 heavy (non-hydrogen) atoms. The molecule has 0 spiro atoms. The third-order valence-electron chi connectivity index (χ3n) is 2.82. The molecule has 0 atom stereocenters. The maximum atomic E-state index is 5.79. The molecule has 1 aliphatic carbocycles. The van der Waals surface area contributed by atoms with E-state index in [0.717, 1.165) is 13.2 Å². The number of hydrogen-bond donors (Lipinski definition) is 1. The second-order valence-electron chi connectivity index (χ2n) is 3.83. The zero-order valence-corrected chi connectivity index (χ0v) is 11.2. The van der Waals surface area contributed by atoms with E-state index < -0.39 is 7.71 Å². The average Bonchev–Trinajstić information content (AvgIpc) is 2.20. The van der Waals surface area contributed by atoms with Gasteiger partial charge in [0.2, 0.25) is 0 Å². The lowest BCUT2D eigenvalue weighted by atomic mass is 10.0. The van der Waals surface area contributed by atoms with Gasteiger partial charge in [-0.2, -0.15) is 0 Å². The lowest BCUT2D eigenvalue weighted by molar-refractivity contribution is 0.188. The van der Waals surface area contributed by atoms with Gasteiger partial charge in [-0.25, -0.2) is 0 Å². The molecule has 0 aromatic carbocycles. The first kappa shape index (κ1) is 12.6. The van der Waals surface area contributed by atoms with Crippen LogP contribution in [0.1, 0.15) is 46.0 Å². The van der Waals surface area contributed by atoms with Crippen LogP contribution in [0.5, 0.6) is 0 Å². The topological polar surface area (TPSA) is 18.5 Å². The molecule has 2 nitrogen and oxygen atoms in total. The molecule has 1 fully saturated rings. The van der Waals surface area contributed by atoms with Gasteiger partial charge in [0.15, 0.2) is 0 Å². The number of rotatable bonds is 5. The van der Waals surface area contributed by atoms with Crippen molar-refractivity contribution in [2.45, 2.75) is 51.5 Å². The van der Waals surface area contributed by atoms with E-state index in [1.165, 1.54) is 32.1 Å². The van der Waals surface area contributed by atoms with E-state index in [9.17, 15) is 0 Å². The summed E-state index contributed by atoms with van der Waals surface area (Å²) in [6.45, 7) is 5.51. The summed E-state index contributed by atoms with van der Waals surface area (Å²) in [5, 5.41) is 0. The molecule has 0 amide bonds. The summed E-state index contributed by atoms with van der Waals surface area (Å²) in [5.41, 5.74) is 0.597. The van der Waals surface area contributed by atoms with Crippen LogP contribution in [0.3, 0.4) is 0 Å². The van der Waals surface area contributed by atoms with Crippen molar-refractivity contribution in [3.05, 3.63) is 0 Å². The SMILES string of the molecule is CCO[Si](S)(OCC)C1CCCCC1. The lowest BCUT2D eigenvalue weighted by Crippen LogP contribution is -2.42. The minimum absolute atomic E-state index is 0.597. The van der Waals surface area contributed by atoms with E-state index in [0.29, 0.717) is 5.54 Å². The van der Waals surface area contributed by atoms with Gasteiger partial charge in [-0.05, 0) is 26.7 Å². The van der Waals surface area contributed by atoms with Gasteiger partial charge in [0, 0.05) is 18.8 Å². The molecule has 0 heterocycles. The van der Waals surface area contributed by atoms with Crippen LogP contribution >= 0.6 is 12.1 Å². The third kappa shape index (κ3) is 3.26. The van der Waals surface area contributed by atoms with Crippen LogP contribution in [-0.4, -0.2) is 20.9 Å². The Bertz CT molecular complexity index is 154. The molecule has 4 heteroatoms. The Morgan fingerprint density at radius 2 is 1.57 bits per heavy atom. The van der Waals surface area contributed by atoms with Gasteiger partial charge in [0.25, 0.3) is 0 Å². The minimum Gasteiger partial charge on any atom is -0.387 e. The van der Waals surface area contributed by atoms with Crippen molar-refractivity contribution in [3.63, 3.8) is 0 Å². The Balaban J connectivity index is 2.54. The van der Waals surface area contributed by atoms with Gasteiger partial charge in [-0.3, -0.25) is 0 Å². The van der Waals surface area contributed by atoms with Crippen molar-refractivity contribution in [1.29, 1.82) is 0 Å². The molecule has 0 bridgehead atoms. The Labute approximate surface area is 93.7 Å². The molecule has 0 saturated heterocycles. The Hall–Kier alpha value is 0.487. The molecule has 0 unspecified atom stereocenters. The van der Waals surface area contributed by atoms with Crippen molar-refractivity contribution >= 4 is 19.8 Å². The van der Waals surface area contributed by atoms with Crippen LogP contribution < -0.4 is 0 Å². The predicted octanol–water partition coefficient (Wildman–Crippen LogP) is 3.26. The Kier molecular flexibility index (Phi) is 5.52. The van der Waals surface area contributed by atoms with E-state index >= 15 is 0 Å². The van der Waals surface area contributed by atoms with E-state index in [1.54, 1.807) is 0 Å². The van der Waals surface area contributed by atoms with Gasteiger partial charge in [-0.15, -0.1) is 12.1 Å². The number of thiol groups is 1. The fourth-order valence-corrected chi connectivity index (χ4v) is 6.23. The highest BCUT2D eigenvalue weighted by molar-refractivity contribution is 8.12. The quantitative estimate of drug-likeness (QED) is 0.581. The highest BCUT2D eigenvalue weighted by Crippen LogP contribution is 2.39. The summed E-state index contributed by atoms with van der Waals surface area (Å²) in [5.74, 6) is 0. The normalized spacial score (nSPS) is 19.9. The van der Waals surface area contributed by atoms with E-state index in [4.69, 9.17) is 20.9 Å². The molecule has 1 saturated carbocycles. The Morgan fingerprint density at radius 3 is 2.00 bits per heavy atom. The van der Waals surface area contributed by atoms with E-state index in [1.807, 2.05) is 13.8 Å². The molecular formula is C10H22O2SSi. The summed E-state index contributed by atoms with van der Waals surface area (Å²) in [4.78, 5) is 0. The lowest BCUT2D eigenvalue weighted by Gasteiger charge is -2.34.